The molecule has 4 N–H and O–H groups in total. The molecule has 66 valence electrons. The zero-order valence-electron chi connectivity index (χ0n) is 5.92. The number of hydrogen-bond acceptors (Lipinski definition) is 5. The van der Waals surface area contributed by atoms with Crippen LogP contribution in [-0.4, -0.2) is 58.1 Å². The summed E-state index contributed by atoms with van der Waals surface area (Å²) in [4.78, 5) is 0. The van der Waals surface area contributed by atoms with Crippen LogP contribution in [0.3, 0.4) is 0 Å². The number of ether oxygens (including phenoxy) is 1. The fraction of sp³-hybridized carbons (Fsp3) is 1.00. The third-order valence-corrected chi connectivity index (χ3v) is 1.79. The summed E-state index contributed by atoms with van der Waals surface area (Å²) in [5.74, 6) is 0. The highest BCUT2D eigenvalue weighted by molar-refractivity contribution is 4.85. The van der Waals surface area contributed by atoms with E-state index in [1.165, 1.54) is 0 Å². The largest absolute Gasteiger partial charge is 0.394 e. The Morgan fingerprint density at radius 2 is 1.82 bits per heavy atom. The van der Waals surface area contributed by atoms with Crippen LogP contribution in [0.5, 0.6) is 0 Å². The summed E-state index contributed by atoms with van der Waals surface area (Å²) < 4.78 is 4.81. The van der Waals surface area contributed by atoms with E-state index in [2.05, 4.69) is 0 Å². The first-order valence-electron chi connectivity index (χ1n) is 3.43. The van der Waals surface area contributed by atoms with Gasteiger partial charge in [0, 0.05) is 0 Å². The second-order valence-electron chi connectivity index (χ2n) is 2.60. The summed E-state index contributed by atoms with van der Waals surface area (Å²) >= 11 is 0. The molecule has 0 aliphatic carbocycles. The molecule has 0 bridgehead atoms. The minimum Gasteiger partial charge on any atom is -0.394 e. The predicted molar refractivity (Wildman–Crippen MR) is 34.8 cm³/mol. The molecule has 1 aliphatic rings. The molecule has 1 saturated heterocycles. The molecule has 1 heterocycles. The molecule has 5 nitrogen and oxygen atoms in total. The molecular weight excluding hydrogens is 152 g/mol. The van der Waals surface area contributed by atoms with Gasteiger partial charge in [0.15, 0.2) is 0 Å². The van der Waals surface area contributed by atoms with E-state index >= 15 is 0 Å². The van der Waals surface area contributed by atoms with Crippen molar-refractivity contribution in [3.63, 3.8) is 0 Å². The Labute approximate surface area is 63.8 Å². The van der Waals surface area contributed by atoms with Crippen LogP contribution >= 0.6 is 0 Å². The lowest BCUT2D eigenvalue weighted by Crippen LogP contribution is -2.53. The molecule has 1 rings (SSSR count). The Morgan fingerprint density at radius 1 is 1.18 bits per heavy atom. The molecule has 0 aromatic carbocycles. The second-order valence-corrected chi connectivity index (χ2v) is 2.60. The summed E-state index contributed by atoms with van der Waals surface area (Å²) in [5.41, 5.74) is 0. The van der Waals surface area contributed by atoms with Gasteiger partial charge >= 0.3 is 0 Å². The molecule has 0 saturated carbocycles. The number of rotatable bonds is 1. The van der Waals surface area contributed by atoms with Gasteiger partial charge < -0.3 is 25.2 Å². The molecule has 1 fully saturated rings. The van der Waals surface area contributed by atoms with Gasteiger partial charge in [0.1, 0.15) is 24.4 Å². The van der Waals surface area contributed by atoms with E-state index < -0.39 is 24.4 Å². The maximum absolute atomic E-state index is 9.11. The Bertz CT molecular complexity index is 126. The van der Waals surface area contributed by atoms with Crippen molar-refractivity contribution in [2.24, 2.45) is 0 Å². The van der Waals surface area contributed by atoms with Crippen molar-refractivity contribution in [2.75, 3.05) is 13.2 Å². The Morgan fingerprint density at radius 3 is 2.36 bits per heavy atom. The maximum atomic E-state index is 9.11. The van der Waals surface area contributed by atoms with Crippen LogP contribution in [0.1, 0.15) is 0 Å². The highest BCUT2D eigenvalue weighted by Gasteiger charge is 2.36. The normalized spacial score (nSPS) is 45.8. The second kappa shape index (κ2) is 3.46. The number of hydrogen-bond donors (Lipinski definition) is 4. The van der Waals surface area contributed by atoms with Crippen molar-refractivity contribution >= 4 is 0 Å². The van der Waals surface area contributed by atoms with Gasteiger partial charge in [-0.15, -0.1) is 0 Å². The van der Waals surface area contributed by atoms with Crippen molar-refractivity contribution in [3.8, 4) is 0 Å². The SMILES string of the molecule is OCC1OC[C@@H](O)[C@H](O)C1O. The molecule has 4 atom stereocenters. The Hall–Kier alpha value is -0.200. The lowest BCUT2D eigenvalue weighted by Gasteiger charge is -2.34. The average molecular weight is 164 g/mol. The zero-order chi connectivity index (χ0) is 8.43. The predicted octanol–water partition coefficient (Wildman–Crippen LogP) is -2.54. The average Bonchev–Trinajstić information content (AvgIpc) is 2.01. The molecule has 5 heteroatoms. The van der Waals surface area contributed by atoms with Crippen molar-refractivity contribution in [3.05, 3.63) is 0 Å². The molecular formula is C6H12O5. The van der Waals surface area contributed by atoms with Gasteiger partial charge in [0.25, 0.3) is 0 Å². The van der Waals surface area contributed by atoms with E-state index in [9.17, 15) is 0 Å². The molecule has 2 unspecified atom stereocenters. The van der Waals surface area contributed by atoms with Crippen molar-refractivity contribution in [1.29, 1.82) is 0 Å². The molecule has 0 radical (unpaired) electrons. The first kappa shape index (κ1) is 8.89. The van der Waals surface area contributed by atoms with Crippen LogP contribution in [0.15, 0.2) is 0 Å². The van der Waals surface area contributed by atoms with Crippen LogP contribution in [0, 0.1) is 0 Å². The van der Waals surface area contributed by atoms with Crippen LogP contribution in [0.2, 0.25) is 0 Å². The molecule has 0 aromatic heterocycles. The summed E-state index contributed by atoms with van der Waals surface area (Å²) in [6.45, 7) is -0.408. The maximum Gasteiger partial charge on any atom is 0.111 e. The lowest BCUT2D eigenvalue weighted by molar-refractivity contribution is -0.195. The highest BCUT2D eigenvalue weighted by atomic mass is 16.5. The molecule has 11 heavy (non-hydrogen) atoms. The van der Waals surface area contributed by atoms with E-state index in [0.29, 0.717) is 0 Å². The summed E-state index contributed by atoms with van der Waals surface area (Å²) in [5, 5.41) is 35.7. The Balaban J connectivity index is 2.52. The third-order valence-electron chi connectivity index (χ3n) is 1.79. The van der Waals surface area contributed by atoms with Gasteiger partial charge in [0.05, 0.1) is 13.2 Å². The zero-order valence-corrected chi connectivity index (χ0v) is 5.92. The quantitative estimate of drug-likeness (QED) is 0.343. The standard InChI is InChI=1S/C6H12O5/c7-1-4-6(10)5(9)3(8)2-11-4/h3-10H,1-2H2/t3-,4?,5+,6?/m1/s1. The number of aliphatic hydroxyl groups excluding tert-OH is 4. The third kappa shape index (κ3) is 1.69. The van der Waals surface area contributed by atoms with E-state index in [1.54, 1.807) is 0 Å². The fourth-order valence-electron chi connectivity index (χ4n) is 1.03. The smallest absolute Gasteiger partial charge is 0.111 e. The first-order valence-corrected chi connectivity index (χ1v) is 3.43. The minimum atomic E-state index is -1.22. The van der Waals surface area contributed by atoms with Crippen molar-refractivity contribution in [1.82, 2.24) is 0 Å². The topological polar surface area (TPSA) is 90.2 Å². The number of aliphatic hydroxyl groups is 4. The molecule has 0 amide bonds. The van der Waals surface area contributed by atoms with Gasteiger partial charge in [-0.1, -0.05) is 0 Å². The van der Waals surface area contributed by atoms with Crippen LogP contribution < -0.4 is 0 Å². The van der Waals surface area contributed by atoms with Gasteiger partial charge in [-0.2, -0.15) is 0 Å². The summed E-state index contributed by atoms with van der Waals surface area (Å²) in [6.07, 6.45) is -4.27. The van der Waals surface area contributed by atoms with Crippen LogP contribution in [0.4, 0.5) is 0 Å². The minimum absolute atomic E-state index is 0.0521. The van der Waals surface area contributed by atoms with Crippen LogP contribution in [-0.2, 0) is 4.74 Å². The molecule has 1 aliphatic heterocycles. The van der Waals surface area contributed by atoms with Crippen molar-refractivity contribution in [2.45, 2.75) is 24.4 Å². The fourth-order valence-corrected chi connectivity index (χ4v) is 1.03. The summed E-state index contributed by atoms with van der Waals surface area (Å²) in [7, 11) is 0. The first-order chi connectivity index (χ1) is 5.16. The molecule has 0 aromatic rings. The summed E-state index contributed by atoms with van der Waals surface area (Å²) in [6, 6.07) is 0. The lowest BCUT2D eigenvalue weighted by atomic mass is 10.0. The molecule has 0 spiro atoms. The van der Waals surface area contributed by atoms with Gasteiger partial charge in [-0.3, -0.25) is 0 Å². The van der Waals surface area contributed by atoms with E-state index in [1.807, 2.05) is 0 Å². The highest BCUT2D eigenvalue weighted by Crippen LogP contribution is 2.14. The van der Waals surface area contributed by atoms with E-state index in [-0.39, 0.29) is 13.2 Å². The monoisotopic (exact) mass is 164 g/mol. The van der Waals surface area contributed by atoms with Crippen molar-refractivity contribution < 1.29 is 25.2 Å². The van der Waals surface area contributed by atoms with E-state index in [4.69, 9.17) is 25.2 Å². The van der Waals surface area contributed by atoms with Gasteiger partial charge in [-0.25, -0.2) is 0 Å². The Kier molecular flexibility index (Phi) is 2.80. The van der Waals surface area contributed by atoms with Gasteiger partial charge in [-0.05, 0) is 0 Å². The van der Waals surface area contributed by atoms with E-state index in [0.717, 1.165) is 0 Å². The van der Waals surface area contributed by atoms with Gasteiger partial charge in [0.2, 0.25) is 0 Å². The van der Waals surface area contributed by atoms with Crippen LogP contribution in [0.25, 0.3) is 0 Å².